The fourth-order valence-corrected chi connectivity index (χ4v) is 4.63. The Morgan fingerprint density at radius 3 is 2.70 bits per heavy atom. The number of carbonyl (C=O) groups is 1. The second kappa shape index (κ2) is 6.84. The summed E-state index contributed by atoms with van der Waals surface area (Å²) in [6, 6.07) is 14.5. The third kappa shape index (κ3) is 3.11. The van der Waals surface area contributed by atoms with E-state index in [4.69, 9.17) is 4.42 Å². The van der Waals surface area contributed by atoms with Crippen LogP contribution in [0.25, 0.3) is 11.0 Å². The fraction of sp³-hybridized carbons (Fsp3) is 0.348. The molecule has 1 aliphatic rings. The summed E-state index contributed by atoms with van der Waals surface area (Å²) < 4.78 is 6.16. The molecule has 0 aliphatic heterocycles. The zero-order valence-corrected chi connectivity index (χ0v) is 17.1. The summed E-state index contributed by atoms with van der Waals surface area (Å²) in [4.78, 5) is 14.4. The van der Waals surface area contributed by atoms with Crippen molar-refractivity contribution in [2.75, 3.05) is 12.3 Å². The molecule has 4 rings (SSSR count). The molecule has 0 spiro atoms. The Morgan fingerprint density at radius 1 is 1.15 bits per heavy atom. The van der Waals surface area contributed by atoms with Crippen molar-refractivity contribution in [3.63, 3.8) is 0 Å². The minimum atomic E-state index is -0.343. The van der Waals surface area contributed by atoms with Gasteiger partial charge in [0, 0.05) is 39.6 Å². The average Bonchev–Trinajstić information content (AvgIpc) is 3.04. The normalized spacial score (nSPS) is 15.2. The summed E-state index contributed by atoms with van der Waals surface area (Å²) >= 11 is 1.82. The molecule has 0 saturated carbocycles. The molecule has 3 nitrogen and oxygen atoms in total. The molecule has 0 amide bonds. The van der Waals surface area contributed by atoms with Crippen LogP contribution in [0.4, 0.5) is 0 Å². The highest BCUT2D eigenvalue weighted by Gasteiger charge is 2.41. The van der Waals surface area contributed by atoms with E-state index in [1.54, 1.807) is 0 Å². The molecule has 1 N–H and O–H groups in total. The molecule has 0 saturated heterocycles. The molecular weight excluding hydrogens is 354 g/mol. The van der Waals surface area contributed by atoms with E-state index in [0.29, 0.717) is 6.04 Å². The molecule has 2 aromatic carbocycles. The number of benzene rings is 2. The van der Waals surface area contributed by atoms with Crippen molar-refractivity contribution in [3.05, 3.63) is 64.9 Å². The number of carbonyl (C=O) groups excluding carboxylic acids is 1. The van der Waals surface area contributed by atoms with Crippen molar-refractivity contribution in [1.29, 1.82) is 0 Å². The van der Waals surface area contributed by atoms with Crippen LogP contribution in [0.15, 0.2) is 51.8 Å². The number of ketones is 1. The van der Waals surface area contributed by atoms with Gasteiger partial charge in [0.05, 0.1) is 5.56 Å². The number of thioether (sulfide) groups is 1. The lowest BCUT2D eigenvalue weighted by Crippen LogP contribution is -2.29. The Hall–Kier alpha value is -2.04. The van der Waals surface area contributed by atoms with Crippen LogP contribution in [0.2, 0.25) is 0 Å². The third-order valence-electron chi connectivity index (χ3n) is 5.22. The smallest absolute Gasteiger partial charge is 0.197 e. The van der Waals surface area contributed by atoms with Gasteiger partial charge in [-0.3, -0.25) is 4.79 Å². The summed E-state index contributed by atoms with van der Waals surface area (Å²) in [5.41, 5.74) is 3.02. The van der Waals surface area contributed by atoms with Crippen LogP contribution in [-0.2, 0) is 5.41 Å². The molecule has 0 atom stereocenters. The summed E-state index contributed by atoms with van der Waals surface area (Å²) in [7, 11) is 0. The van der Waals surface area contributed by atoms with Crippen molar-refractivity contribution < 1.29 is 9.21 Å². The maximum atomic E-state index is 13.2. The number of rotatable bonds is 5. The molecule has 0 bridgehead atoms. The van der Waals surface area contributed by atoms with E-state index in [2.05, 4.69) is 45.1 Å². The van der Waals surface area contributed by atoms with Gasteiger partial charge in [0.2, 0.25) is 0 Å². The molecule has 1 heterocycles. The average molecular weight is 380 g/mol. The van der Waals surface area contributed by atoms with E-state index in [1.807, 2.05) is 42.1 Å². The Labute approximate surface area is 164 Å². The summed E-state index contributed by atoms with van der Waals surface area (Å²) in [5, 5.41) is 4.35. The van der Waals surface area contributed by atoms with Gasteiger partial charge in [-0.15, -0.1) is 11.8 Å². The maximum Gasteiger partial charge on any atom is 0.197 e. The molecule has 1 aromatic heterocycles. The van der Waals surface area contributed by atoms with Crippen LogP contribution < -0.4 is 5.32 Å². The number of furan rings is 1. The van der Waals surface area contributed by atoms with Gasteiger partial charge >= 0.3 is 0 Å². The standard InChI is InChI=1S/C23H25NO2S/c1-14(2)24-11-12-27-15-9-10-16-18(13-15)23(3,4)22-20(21(16)25)17-7-5-6-8-19(17)26-22/h5-10,13-14,24H,11-12H2,1-4H3. The summed E-state index contributed by atoms with van der Waals surface area (Å²) in [5.74, 6) is 1.86. The van der Waals surface area contributed by atoms with Crippen LogP contribution >= 0.6 is 11.8 Å². The predicted molar refractivity (Wildman–Crippen MR) is 112 cm³/mol. The lowest BCUT2D eigenvalue weighted by molar-refractivity contribution is 0.102. The number of nitrogens with one attached hydrogen (secondary N) is 1. The first kappa shape index (κ1) is 18.3. The third-order valence-corrected chi connectivity index (χ3v) is 6.22. The van der Waals surface area contributed by atoms with Gasteiger partial charge in [0.25, 0.3) is 0 Å². The van der Waals surface area contributed by atoms with Crippen LogP contribution in [0.5, 0.6) is 0 Å². The van der Waals surface area contributed by atoms with Crippen molar-refractivity contribution in [3.8, 4) is 0 Å². The van der Waals surface area contributed by atoms with Gasteiger partial charge in [-0.2, -0.15) is 0 Å². The Morgan fingerprint density at radius 2 is 1.93 bits per heavy atom. The first-order valence-electron chi connectivity index (χ1n) is 9.47. The van der Waals surface area contributed by atoms with Crippen molar-refractivity contribution in [1.82, 2.24) is 5.32 Å². The van der Waals surface area contributed by atoms with Gasteiger partial charge in [-0.1, -0.05) is 32.0 Å². The first-order chi connectivity index (χ1) is 12.9. The molecule has 0 fully saturated rings. The second-order valence-electron chi connectivity index (χ2n) is 7.92. The van der Waals surface area contributed by atoms with E-state index >= 15 is 0 Å². The molecule has 0 unspecified atom stereocenters. The minimum Gasteiger partial charge on any atom is -0.459 e. The van der Waals surface area contributed by atoms with Gasteiger partial charge in [-0.05, 0) is 43.7 Å². The number of hydrogen-bond donors (Lipinski definition) is 1. The summed E-state index contributed by atoms with van der Waals surface area (Å²) in [6.07, 6.45) is 0. The first-order valence-corrected chi connectivity index (χ1v) is 10.5. The highest BCUT2D eigenvalue weighted by Crippen LogP contribution is 2.46. The fourth-order valence-electron chi connectivity index (χ4n) is 3.81. The van der Waals surface area contributed by atoms with Crippen LogP contribution in [0.3, 0.4) is 0 Å². The van der Waals surface area contributed by atoms with E-state index in [9.17, 15) is 4.79 Å². The van der Waals surface area contributed by atoms with E-state index in [0.717, 1.165) is 45.7 Å². The minimum absolute atomic E-state index is 0.0716. The van der Waals surface area contributed by atoms with Crippen LogP contribution in [0, 0.1) is 0 Å². The van der Waals surface area contributed by atoms with E-state index in [-0.39, 0.29) is 11.2 Å². The molecule has 3 aromatic rings. The quantitative estimate of drug-likeness (QED) is 0.476. The molecule has 1 aliphatic carbocycles. The molecule has 140 valence electrons. The Bertz CT molecular complexity index is 1020. The van der Waals surface area contributed by atoms with Gasteiger partial charge in [0.15, 0.2) is 5.78 Å². The van der Waals surface area contributed by atoms with Crippen LogP contribution in [-0.4, -0.2) is 24.1 Å². The topological polar surface area (TPSA) is 42.2 Å². The Kier molecular flexibility index (Phi) is 4.65. The second-order valence-corrected chi connectivity index (χ2v) is 9.09. The largest absolute Gasteiger partial charge is 0.459 e. The van der Waals surface area contributed by atoms with Gasteiger partial charge in [-0.25, -0.2) is 0 Å². The maximum absolute atomic E-state index is 13.2. The zero-order chi connectivity index (χ0) is 19.2. The number of fused-ring (bicyclic) bond motifs is 4. The van der Waals surface area contributed by atoms with Gasteiger partial charge in [0.1, 0.15) is 11.3 Å². The monoisotopic (exact) mass is 379 g/mol. The predicted octanol–water partition coefficient (Wildman–Crippen LogP) is 5.39. The number of para-hydroxylation sites is 1. The van der Waals surface area contributed by atoms with Crippen molar-refractivity contribution in [2.24, 2.45) is 0 Å². The lowest BCUT2D eigenvalue weighted by Gasteiger charge is -2.31. The highest BCUT2D eigenvalue weighted by molar-refractivity contribution is 7.99. The zero-order valence-electron chi connectivity index (χ0n) is 16.3. The molecule has 0 radical (unpaired) electrons. The number of hydrogen-bond acceptors (Lipinski definition) is 4. The van der Waals surface area contributed by atoms with E-state index < -0.39 is 0 Å². The lowest BCUT2D eigenvalue weighted by atomic mass is 9.72. The van der Waals surface area contributed by atoms with Gasteiger partial charge < -0.3 is 9.73 Å². The van der Waals surface area contributed by atoms with Crippen molar-refractivity contribution in [2.45, 2.75) is 44.0 Å². The highest BCUT2D eigenvalue weighted by atomic mass is 32.2. The van der Waals surface area contributed by atoms with Crippen molar-refractivity contribution >= 4 is 28.5 Å². The van der Waals surface area contributed by atoms with E-state index in [1.165, 1.54) is 4.90 Å². The SMILES string of the molecule is CC(C)NCCSc1ccc2c(c1)C(C)(C)c1oc3ccccc3c1C2=O. The Balaban J connectivity index is 1.71. The molecule has 27 heavy (non-hydrogen) atoms. The van der Waals surface area contributed by atoms with Crippen LogP contribution in [0.1, 0.15) is 54.9 Å². The molecule has 4 heteroatoms. The summed E-state index contributed by atoms with van der Waals surface area (Å²) in [6.45, 7) is 9.57. The molecular formula is C23H25NO2S.